The van der Waals surface area contributed by atoms with E-state index < -0.39 is 5.41 Å². The molecule has 1 amide bonds. The first-order valence-electron chi connectivity index (χ1n) is 7.58. The largest absolute Gasteiger partial charge is 0.469 e. The number of esters is 1. The molecule has 1 unspecified atom stereocenters. The smallest absolute Gasteiger partial charge is 0.310 e. The summed E-state index contributed by atoms with van der Waals surface area (Å²) in [5.41, 5.74) is -0.467. The lowest BCUT2D eigenvalue weighted by molar-refractivity contribution is -0.148. The Bertz CT molecular complexity index is 477. The van der Waals surface area contributed by atoms with Crippen LogP contribution < -0.4 is 0 Å². The lowest BCUT2D eigenvalue weighted by Crippen LogP contribution is -2.43. The molecule has 124 valence electrons. The van der Waals surface area contributed by atoms with Crippen molar-refractivity contribution in [1.29, 1.82) is 0 Å². The van der Waals surface area contributed by atoms with E-state index in [-0.39, 0.29) is 17.8 Å². The second-order valence-electron chi connectivity index (χ2n) is 6.58. The van der Waals surface area contributed by atoms with Crippen molar-refractivity contribution in [3.8, 4) is 0 Å². The van der Waals surface area contributed by atoms with Crippen molar-refractivity contribution in [2.24, 2.45) is 11.3 Å². The normalized spacial score (nSPS) is 12.8. The summed E-state index contributed by atoms with van der Waals surface area (Å²) in [5, 5.41) is 0. The summed E-state index contributed by atoms with van der Waals surface area (Å²) in [4.78, 5) is 29.9. The van der Waals surface area contributed by atoms with Crippen LogP contribution >= 0.6 is 0 Å². The van der Waals surface area contributed by atoms with Crippen molar-refractivity contribution >= 4 is 11.9 Å². The number of aryl methyl sites for hydroxylation is 1. The van der Waals surface area contributed by atoms with E-state index in [1.807, 2.05) is 31.5 Å². The van der Waals surface area contributed by atoms with Crippen LogP contribution in [-0.4, -0.2) is 46.5 Å². The molecule has 1 aromatic heterocycles. The standard InChI is InChI=1S/C16H27N3O3/c1-13(14(20)22-5)11-19(15(21)16(2,3)4)9-6-8-18-10-7-17-12-18/h7,10,12-13H,6,8-9,11H2,1-5H3. The van der Waals surface area contributed by atoms with Gasteiger partial charge in [0.15, 0.2) is 0 Å². The first kappa shape index (κ1) is 18.2. The van der Waals surface area contributed by atoms with E-state index in [4.69, 9.17) is 4.74 Å². The van der Waals surface area contributed by atoms with Gasteiger partial charge >= 0.3 is 5.97 Å². The van der Waals surface area contributed by atoms with Crippen molar-refractivity contribution in [1.82, 2.24) is 14.5 Å². The van der Waals surface area contributed by atoms with Gasteiger partial charge in [0.1, 0.15) is 0 Å². The molecule has 0 spiro atoms. The summed E-state index contributed by atoms with van der Waals surface area (Å²) in [5.74, 6) is -0.570. The Labute approximate surface area is 132 Å². The van der Waals surface area contributed by atoms with Crippen molar-refractivity contribution in [2.75, 3.05) is 20.2 Å². The minimum Gasteiger partial charge on any atom is -0.469 e. The van der Waals surface area contributed by atoms with Gasteiger partial charge in [-0.25, -0.2) is 4.98 Å². The Morgan fingerprint density at radius 2 is 2.05 bits per heavy atom. The number of ether oxygens (including phenoxy) is 1. The monoisotopic (exact) mass is 309 g/mol. The van der Waals surface area contributed by atoms with Gasteiger partial charge in [0.25, 0.3) is 0 Å². The van der Waals surface area contributed by atoms with E-state index >= 15 is 0 Å². The van der Waals surface area contributed by atoms with E-state index in [0.29, 0.717) is 13.1 Å². The molecule has 0 aromatic carbocycles. The molecule has 1 rings (SSSR count). The number of imidazole rings is 1. The predicted molar refractivity (Wildman–Crippen MR) is 84.1 cm³/mol. The van der Waals surface area contributed by atoms with Crippen LogP contribution in [0.5, 0.6) is 0 Å². The van der Waals surface area contributed by atoms with Gasteiger partial charge in [-0.1, -0.05) is 27.7 Å². The van der Waals surface area contributed by atoms with Crippen LogP contribution in [0, 0.1) is 11.3 Å². The fourth-order valence-electron chi connectivity index (χ4n) is 2.22. The summed E-state index contributed by atoms with van der Waals surface area (Å²) >= 11 is 0. The van der Waals surface area contributed by atoms with Gasteiger partial charge in [0.05, 0.1) is 19.4 Å². The van der Waals surface area contributed by atoms with Crippen molar-refractivity contribution in [3.05, 3.63) is 18.7 Å². The summed E-state index contributed by atoms with van der Waals surface area (Å²) in [6.45, 7) is 9.23. The molecule has 0 aliphatic carbocycles. The maximum absolute atomic E-state index is 12.6. The molecular weight excluding hydrogens is 282 g/mol. The molecule has 0 radical (unpaired) electrons. The highest BCUT2D eigenvalue weighted by Crippen LogP contribution is 2.19. The fourth-order valence-corrected chi connectivity index (χ4v) is 2.22. The molecule has 0 saturated carbocycles. The quantitative estimate of drug-likeness (QED) is 0.722. The van der Waals surface area contributed by atoms with Crippen LogP contribution in [0.3, 0.4) is 0 Å². The SMILES string of the molecule is COC(=O)C(C)CN(CCCn1ccnc1)C(=O)C(C)(C)C. The highest BCUT2D eigenvalue weighted by Gasteiger charge is 2.29. The number of aromatic nitrogens is 2. The van der Waals surface area contributed by atoms with Crippen LogP contribution in [0.25, 0.3) is 0 Å². The fraction of sp³-hybridized carbons (Fsp3) is 0.688. The molecule has 0 bridgehead atoms. The first-order chi connectivity index (χ1) is 10.3. The number of amides is 1. The van der Waals surface area contributed by atoms with Gasteiger partial charge in [0.2, 0.25) is 5.91 Å². The molecule has 6 nitrogen and oxygen atoms in total. The Balaban J connectivity index is 2.65. The lowest BCUT2D eigenvalue weighted by Gasteiger charge is -2.31. The maximum Gasteiger partial charge on any atom is 0.310 e. The zero-order valence-electron chi connectivity index (χ0n) is 14.2. The molecule has 1 heterocycles. The van der Waals surface area contributed by atoms with Gasteiger partial charge in [-0.2, -0.15) is 0 Å². The summed E-state index contributed by atoms with van der Waals surface area (Å²) in [6.07, 6.45) is 6.20. The van der Waals surface area contributed by atoms with Crippen molar-refractivity contribution in [2.45, 2.75) is 40.7 Å². The number of carbonyl (C=O) groups excluding carboxylic acids is 2. The summed E-state index contributed by atoms with van der Waals surface area (Å²) in [7, 11) is 1.37. The molecule has 0 N–H and O–H groups in total. The van der Waals surface area contributed by atoms with Gasteiger partial charge in [0, 0.05) is 37.4 Å². The second-order valence-corrected chi connectivity index (χ2v) is 6.58. The van der Waals surface area contributed by atoms with Gasteiger partial charge < -0.3 is 14.2 Å². The van der Waals surface area contributed by atoms with E-state index in [0.717, 1.165) is 13.0 Å². The number of hydrogen-bond donors (Lipinski definition) is 0. The molecule has 0 saturated heterocycles. The third-order valence-electron chi connectivity index (χ3n) is 3.43. The van der Waals surface area contributed by atoms with E-state index in [1.54, 1.807) is 24.3 Å². The highest BCUT2D eigenvalue weighted by atomic mass is 16.5. The zero-order valence-corrected chi connectivity index (χ0v) is 14.2. The maximum atomic E-state index is 12.6. The first-order valence-corrected chi connectivity index (χ1v) is 7.58. The van der Waals surface area contributed by atoms with Crippen LogP contribution in [0.2, 0.25) is 0 Å². The lowest BCUT2D eigenvalue weighted by atomic mass is 9.94. The van der Waals surface area contributed by atoms with Gasteiger partial charge in [-0.05, 0) is 6.42 Å². The summed E-state index contributed by atoms with van der Waals surface area (Å²) < 4.78 is 6.73. The molecule has 6 heteroatoms. The minimum atomic E-state index is -0.467. The molecule has 1 atom stereocenters. The van der Waals surface area contributed by atoms with Crippen LogP contribution in [0.4, 0.5) is 0 Å². The predicted octanol–water partition coefficient (Wildman–Crippen LogP) is 1.96. The van der Waals surface area contributed by atoms with Crippen LogP contribution in [-0.2, 0) is 20.9 Å². The third-order valence-corrected chi connectivity index (χ3v) is 3.43. The Hall–Kier alpha value is -1.85. The Morgan fingerprint density at radius 1 is 1.36 bits per heavy atom. The van der Waals surface area contributed by atoms with Crippen molar-refractivity contribution in [3.63, 3.8) is 0 Å². The Kier molecular flexibility index (Phi) is 6.59. The van der Waals surface area contributed by atoms with Crippen LogP contribution in [0.15, 0.2) is 18.7 Å². The van der Waals surface area contributed by atoms with E-state index in [1.165, 1.54) is 7.11 Å². The van der Waals surface area contributed by atoms with Gasteiger partial charge in [-0.15, -0.1) is 0 Å². The third kappa shape index (κ3) is 5.50. The number of rotatable bonds is 7. The zero-order chi connectivity index (χ0) is 16.8. The average Bonchev–Trinajstić information content (AvgIpc) is 2.96. The number of nitrogens with zero attached hydrogens (tertiary/aromatic N) is 3. The molecular formula is C16H27N3O3. The Morgan fingerprint density at radius 3 is 2.55 bits per heavy atom. The van der Waals surface area contributed by atoms with Crippen molar-refractivity contribution < 1.29 is 14.3 Å². The average molecular weight is 309 g/mol. The minimum absolute atomic E-state index is 0.0499. The summed E-state index contributed by atoms with van der Waals surface area (Å²) in [6, 6.07) is 0. The highest BCUT2D eigenvalue weighted by molar-refractivity contribution is 5.82. The number of methoxy groups -OCH3 is 1. The van der Waals surface area contributed by atoms with Crippen LogP contribution in [0.1, 0.15) is 34.1 Å². The molecule has 0 aliphatic rings. The second kappa shape index (κ2) is 7.96. The molecule has 1 aromatic rings. The van der Waals surface area contributed by atoms with E-state index in [2.05, 4.69) is 4.98 Å². The molecule has 0 fully saturated rings. The number of carbonyl (C=O) groups is 2. The number of hydrogen-bond acceptors (Lipinski definition) is 4. The molecule has 0 aliphatic heterocycles. The van der Waals surface area contributed by atoms with E-state index in [9.17, 15) is 9.59 Å². The molecule has 22 heavy (non-hydrogen) atoms. The van der Waals surface area contributed by atoms with Gasteiger partial charge in [-0.3, -0.25) is 9.59 Å². The topological polar surface area (TPSA) is 64.4 Å².